The van der Waals surface area contributed by atoms with E-state index in [1.807, 2.05) is 6.07 Å². The number of imidazole rings is 1. The van der Waals surface area contributed by atoms with E-state index in [1.54, 1.807) is 0 Å². The highest BCUT2D eigenvalue weighted by molar-refractivity contribution is 6.16. The van der Waals surface area contributed by atoms with Crippen molar-refractivity contribution in [3.8, 4) is 0 Å². The summed E-state index contributed by atoms with van der Waals surface area (Å²) in [5, 5.41) is 0. The quantitative estimate of drug-likeness (QED) is 0.743. The van der Waals surface area contributed by atoms with E-state index in [-0.39, 0.29) is 0 Å². The second-order valence-corrected chi connectivity index (χ2v) is 5.31. The molecule has 2 aromatic rings. The maximum Gasteiger partial charge on any atom is 0.124 e. The summed E-state index contributed by atoms with van der Waals surface area (Å²) in [5.41, 5.74) is 2.75. The number of fused-ring (bicyclic) bond motifs is 1. The summed E-state index contributed by atoms with van der Waals surface area (Å²) < 4.78 is 2.29. The topological polar surface area (TPSA) is 17.8 Å². The number of aromatic nitrogens is 2. The average Bonchev–Trinajstić information content (AvgIpc) is 2.91. The maximum atomic E-state index is 5.97. The molecular weight excluding hydrogens is 220 g/mol. The molecule has 84 valence electrons. The minimum absolute atomic E-state index is 0.476. The van der Waals surface area contributed by atoms with E-state index in [2.05, 4.69) is 34.7 Å². The number of rotatable bonds is 3. The van der Waals surface area contributed by atoms with E-state index in [4.69, 9.17) is 11.6 Å². The Morgan fingerprint density at radius 1 is 1.38 bits per heavy atom. The van der Waals surface area contributed by atoms with E-state index in [0.717, 1.165) is 17.9 Å². The molecular formula is C13H15ClN2. The first kappa shape index (κ1) is 10.2. The predicted molar refractivity (Wildman–Crippen MR) is 66.6 cm³/mol. The van der Waals surface area contributed by atoms with E-state index < -0.39 is 0 Å². The fourth-order valence-corrected chi connectivity index (χ4v) is 2.36. The zero-order chi connectivity index (χ0) is 11.2. The average molecular weight is 235 g/mol. The third kappa shape index (κ3) is 1.61. The normalized spacial score (nSPS) is 17.9. The number of hydrogen-bond acceptors (Lipinski definition) is 1. The number of para-hydroxylation sites is 2. The second kappa shape index (κ2) is 3.49. The van der Waals surface area contributed by atoms with Crippen LogP contribution in [0.15, 0.2) is 24.3 Å². The van der Waals surface area contributed by atoms with Crippen LogP contribution >= 0.6 is 11.6 Å². The lowest BCUT2D eigenvalue weighted by Crippen LogP contribution is -2.10. The molecule has 0 bridgehead atoms. The number of nitrogens with zero attached hydrogens (tertiary/aromatic N) is 2. The molecule has 0 spiro atoms. The lowest BCUT2D eigenvalue weighted by molar-refractivity contribution is 0.465. The first-order chi connectivity index (χ1) is 7.72. The third-order valence-electron chi connectivity index (χ3n) is 3.50. The lowest BCUT2D eigenvalue weighted by atomic mass is 10.1. The number of hydrogen-bond donors (Lipinski definition) is 0. The van der Waals surface area contributed by atoms with E-state index in [0.29, 0.717) is 11.3 Å². The number of benzene rings is 1. The monoisotopic (exact) mass is 234 g/mol. The van der Waals surface area contributed by atoms with Gasteiger partial charge >= 0.3 is 0 Å². The van der Waals surface area contributed by atoms with Crippen molar-refractivity contribution in [2.45, 2.75) is 32.2 Å². The molecule has 1 heterocycles. The summed E-state index contributed by atoms with van der Waals surface area (Å²) in [7, 11) is 0. The maximum absolute atomic E-state index is 5.97. The molecule has 0 aliphatic heterocycles. The lowest BCUT2D eigenvalue weighted by Gasteiger charge is -2.12. The van der Waals surface area contributed by atoms with Gasteiger partial charge in [-0.1, -0.05) is 19.1 Å². The Labute approximate surface area is 100 Å². The van der Waals surface area contributed by atoms with Crippen LogP contribution in [-0.2, 0) is 12.4 Å². The number of alkyl halides is 1. The molecule has 1 aliphatic rings. The summed E-state index contributed by atoms with van der Waals surface area (Å²) in [5.74, 6) is 1.49. The Hall–Kier alpha value is -1.02. The SMILES string of the molecule is CC1(Cn2c(CCl)nc3ccccc32)CC1. The molecule has 2 nitrogen and oxygen atoms in total. The highest BCUT2D eigenvalue weighted by Crippen LogP contribution is 2.47. The zero-order valence-corrected chi connectivity index (χ0v) is 10.2. The van der Waals surface area contributed by atoms with Gasteiger partial charge in [0, 0.05) is 6.54 Å². The van der Waals surface area contributed by atoms with Crippen LogP contribution < -0.4 is 0 Å². The van der Waals surface area contributed by atoms with Crippen molar-refractivity contribution in [2.24, 2.45) is 5.41 Å². The Morgan fingerprint density at radius 3 is 2.81 bits per heavy atom. The molecule has 3 heteroatoms. The minimum Gasteiger partial charge on any atom is -0.326 e. The van der Waals surface area contributed by atoms with Gasteiger partial charge in [0.2, 0.25) is 0 Å². The van der Waals surface area contributed by atoms with Gasteiger partial charge in [0.15, 0.2) is 0 Å². The molecule has 0 saturated heterocycles. The first-order valence-corrected chi connectivity index (χ1v) is 6.25. The van der Waals surface area contributed by atoms with Crippen molar-refractivity contribution >= 4 is 22.6 Å². The van der Waals surface area contributed by atoms with Crippen molar-refractivity contribution < 1.29 is 0 Å². The standard InChI is InChI=1S/C13H15ClN2/c1-13(6-7-13)9-16-11-5-3-2-4-10(11)15-12(16)8-14/h2-5H,6-9H2,1H3. The van der Waals surface area contributed by atoms with E-state index in [1.165, 1.54) is 18.4 Å². The molecule has 0 unspecified atom stereocenters. The van der Waals surface area contributed by atoms with Crippen LogP contribution in [0.1, 0.15) is 25.6 Å². The van der Waals surface area contributed by atoms with Crippen LogP contribution in [0.3, 0.4) is 0 Å². The summed E-state index contributed by atoms with van der Waals surface area (Å²) >= 11 is 5.97. The number of halogens is 1. The fourth-order valence-electron chi connectivity index (χ4n) is 2.16. The van der Waals surface area contributed by atoms with Crippen molar-refractivity contribution in [3.05, 3.63) is 30.1 Å². The Morgan fingerprint density at radius 2 is 2.12 bits per heavy atom. The Bertz CT molecular complexity index is 526. The van der Waals surface area contributed by atoms with Gasteiger partial charge in [-0.25, -0.2) is 4.98 Å². The summed E-state index contributed by atoms with van der Waals surface area (Å²) in [6, 6.07) is 8.27. The highest BCUT2D eigenvalue weighted by Gasteiger charge is 2.38. The minimum atomic E-state index is 0.476. The van der Waals surface area contributed by atoms with E-state index in [9.17, 15) is 0 Å². The van der Waals surface area contributed by atoms with Crippen LogP contribution in [0, 0.1) is 5.41 Å². The van der Waals surface area contributed by atoms with Crippen LogP contribution in [0.5, 0.6) is 0 Å². The fraction of sp³-hybridized carbons (Fsp3) is 0.462. The van der Waals surface area contributed by atoms with Gasteiger partial charge < -0.3 is 4.57 Å². The van der Waals surface area contributed by atoms with Crippen LogP contribution in [0.2, 0.25) is 0 Å². The Balaban J connectivity index is 2.11. The molecule has 0 amide bonds. The molecule has 3 rings (SSSR count). The molecule has 0 atom stereocenters. The molecule has 1 aliphatic carbocycles. The predicted octanol–water partition coefficient (Wildman–Crippen LogP) is 3.58. The second-order valence-electron chi connectivity index (χ2n) is 5.05. The van der Waals surface area contributed by atoms with Crippen LogP contribution in [0.4, 0.5) is 0 Å². The molecule has 16 heavy (non-hydrogen) atoms. The van der Waals surface area contributed by atoms with Gasteiger partial charge in [-0.3, -0.25) is 0 Å². The molecule has 0 radical (unpaired) electrons. The highest BCUT2D eigenvalue weighted by atomic mass is 35.5. The summed E-state index contributed by atoms with van der Waals surface area (Å²) in [6.07, 6.45) is 2.64. The van der Waals surface area contributed by atoms with Crippen molar-refractivity contribution in [2.75, 3.05) is 0 Å². The Kier molecular flexibility index (Phi) is 2.21. The zero-order valence-electron chi connectivity index (χ0n) is 9.41. The largest absolute Gasteiger partial charge is 0.326 e. The third-order valence-corrected chi connectivity index (χ3v) is 3.74. The first-order valence-electron chi connectivity index (χ1n) is 5.72. The van der Waals surface area contributed by atoms with Crippen molar-refractivity contribution in [1.82, 2.24) is 9.55 Å². The van der Waals surface area contributed by atoms with Gasteiger partial charge in [-0.2, -0.15) is 0 Å². The van der Waals surface area contributed by atoms with Gasteiger partial charge in [0.05, 0.1) is 16.9 Å². The molecule has 1 fully saturated rings. The molecule has 1 aromatic carbocycles. The van der Waals surface area contributed by atoms with Gasteiger partial charge in [0.1, 0.15) is 5.82 Å². The summed E-state index contributed by atoms with van der Waals surface area (Å²) in [4.78, 5) is 4.57. The van der Waals surface area contributed by atoms with Crippen molar-refractivity contribution in [3.63, 3.8) is 0 Å². The van der Waals surface area contributed by atoms with Gasteiger partial charge in [-0.15, -0.1) is 11.6 Å². The van der Waals surface area contributed by atoms with Crippen LogP contribution in [-0.4, -0.2) is 9.55 Å². The smallest absolute Gasteiger partial charge is 0.124 e. The molecule has 0 N–H and O–H groups in total. The van der Waals surface area contributed by atoms with Gasteiger partial charge in [-0.05, 0) is 30.4 Å². The van der Waals surface area contributed by atoms with Crippen LogP contribution in [0.25, 0.3) is 11.0 Å². The van der Waals surface area contributed by atoms with Gasteiger partial charge in [0.25, 0.3) is 0 Å². The summed E-state index contributed by atoms with van der Waals surface area (Å²) in [6.45, 7) is 3.38. The molecule has 1 saturated carbocycles. The molecule has 1 aromatic heterocycles. The van der Waals surface area contributed by atoms with Crippen molar-refractivity contribution in [1.29, 1.82) is 0 Å². The van der Waals surface area contributed by atoms with E-state index >= 15 is 0 Å².